The van der Waals surface area contributed by atoms with Crippen molar-refractivity contribution in [2.45, 2.75) is 44.7 Å². The minimum absolute atomic E-state index is 0.0106. The Hall–Kier alpha value is -2.99. The van der Waals surface area contributed by atoms with Crippen LogP contribution < -0.4 is 5.32 Å². The van der Waals surface area contributed by atoms with E-state index in [-0.39, 0.29) is 23.4 Å². The first-order chi connectivity index (χ1) is 14.3. The van der Waals surface area contributed by atoms with Crippen molar-refractivity contribution in [2.24, 2.45) is 0 Å². The number of hydrogen-bond acceptors (Lipinski definition) is 5. The molecule has 0 radical (unpaired) electrons. The molecule has 0 saturated carbocycles. The summed E-state index contributed by atoms with van der Waals surface area (Å²) < 4.78 is 5.54. The number of likely N-dealkylation sites (tertiary alicyclic amines) is 1. The zero-order chi connectivity index (χ0) is 21.3. The maximum Gasteiger partial charge on any atom is 0.251 e. The monoisotopic (exact) mass is 404 g/mol. The Labute approximate surface area is 177 Å². The van der Waals surface area contributed by atoms with E-state index in [0.717, 1.165) is 18.5 Å². The molecule has 6 nitrogen and oxygen atoms in total. The summed E-state index contributed by atoms with van der Waals surface area (Å²) in [4.78, 5) is 19.5. The predicted molar refractivity (Wildman–Crippen MR) is 116 cm³/mol. The molecule has 3 aromatic rings. The van der Waals surface area contributed by atoms with Gasteiger partial charge in [-0.25, -0.2) is 0 Å². The fraction of sp³-hybridized carbons (Fsp3) is 0.375. The van der Waals surface area contributed by atoms with E-state index in [1.165, 1.54) is 5.56 Å². The van der Waals surface area contributed by atoms with Crippen LogP contribution in [0.25, 0.3) is 11.4 Å². The minimum atomic E-state index is -0.0509. The first-order valence-corrected chi connectivity index (χ1v) is 10.3. The zero-order valence-electron chi connectivity index (χ0n) is 17.9. The second kappa shape index (κ2) is 8.03. The van der Waals surface area contributed by atoms with E-state index in [0.29, 0.717) is 17.3 Å². The Morgan fingerprint density at radius 3 is 2.47 bits per heavy atom. The molecule has 0 aliphatic carbocycles. The normalized spacial score (nSPS) is 19.7. The summed E-state index contributed by atoms with van der Waals surface area (Å²) in [7, 11) is 2.02. The number of aromatic nitrogens is 2. The molecule has 2 heterocycles. The molecule has 0 spiro atoms. The topological polar surface area (TPSA) is 71.3 Å². The highest BCUT2D eigenvalue weighted by molar-refractivity contribution is 5.94. The van der Waals surface area contributed by atoms with Gasteiger partial charge in [-0.2, -0.15) is 4.98 Å². The molecule has 2 aromatic carbocycles. The predicted octanol–water partition coefficient (Wildman–Crippen LogP) is 4.21. The number of nitrogens with one attached hydrogen (secondary N) is 1. The number of amides is 1. The quantitative estimate of drug-likeness (QED) is 0.705. The van der Waals surface area contributed by atoms with Crippen LogP contribution in [0.1, 0.15) is 55.0 Å². The number of hydrogen-bond donors (Lipinski definition) is 1. The van der Waals surface area contributed by atoms with Gasteiger partial charge in [-0.15, -0.1) is 0 Å². The molecule has 1 aromatic heterocycles. The molecule has 1 saturated heterocycles. The molecule has 1 aliphatic heterocycles. The average Bonchev–Trinajstić information content (AvgIpc) is 3.35. The lowest BCUT2D eigenvalue weighted by Crippen LogP contribution is -2.36. The van der Waals surface area contributed by atoms with E-state index in [4.69, 9.17) is 4.52 Å². The van der Waals surface area contributed by atoms with Crippen LogP contribution in [-0.2, 0) is 5.41 Å². The summed E-state index contributed by atoms with van der Waals surface area (Å²) in [6.07, 6.45) is 0.735. The largest absolute Gasteiger partial charge is 0.348 e. The van der Waals surface area contributed by atoms with Crippen LogP contribution in [-0.4, -0.2) is 40.6 Å². The highest BCUT2D eigenvalue weighted by Gasteiger charge is 2.35. The van der Waals surface area contributed by atoms with Gasteiger partial charge in [0, 0.05) is 23.7 Å². The van der Waals surface area contributed by atoms with Gasteiger partial charge < -0.3 is 9.84 Å². The SMILES string of the molecule is CN1CC(NC(=O)c2ccc(C(C)(C)C)cc2)CC1c1nc(-c2ccccc2)no1. The van der Waals surface area contributed by atoms with Gasteiger partial charge in [0.1, 0.15) is 0 Å². The van der Waals surface area contributed by atoms with Gasteiger partial charge in [-0.1, -0.05) is 68.4 Å². The summed E-state index contributed by atoms with van der Waals surface area (Å²) in [5, 5.41) is 7.28. The lowest BCUT2D eigenvalue weighted by atomic mass is 9.86. The van der Waals surface area contributed by atoms with Crippen LogP contribution in [0.15, 0.2) is 59.1 Å². The van der Waals surface area contributed by atoms with Crippen LogP contribution in [0.2, 0.25) is 0 Å². The van der Waals surface area contributed by atoms with E-state index in [1.807, 2.05) is 61.6 Å². The maximum atomic E-state index is 12.7. The van der Waals surface area contributed by atoms with E-state index < -0.39 is 0 Å². The Morgan fingerprint density at radius 1 is 1.10 bits per heavy atom. The number of carbonyl (C=O) groups excluding carboxylic acids is 1. The summed E-state index contributed by atoms with van der Waals surface area (Å²) in [5.74, 6) is 1.12. The van der Waals surface area contributed by atoms with Crippen LogP contribution in [0, 0.1) is 0 Å². The second-order valence-electron chi connectivity index (χ2n) is 9.01. The van der Waals surface area contributed by atoms with E-state index in [2.05, 4.69) is 41.1 Å². The molecular formula is C24H28N4O2. The molecular weight excluding hydrogens is 376 g/mol. The van der Waals surface area contributed by atoms with Crippen LogP contribution in [0.5, 0.6) is 0 Å². The molecule has 2 atom stereocenters. The third-order valence-electron chi connectivity index (χ3n) is 5.66. The number of carbonyl (C=O) groups is 1. The fourth-order valence-corrected chi connectivity index (χ4v) is 3.86. The highest BCUT2D eigenvalue weighted by Crippen LogP contribution is 2.31. The summed E-state index contributed by atoms with van der Waals surface area (Å²) >= 11 is 0. The van der Waals surface area contributed by atoms with E-state index >= 15 is 0 Å². The van der Waals surface area contributed by atoms with E-state index in [1.54, 1.807) is 0 Å². The maximum absolute atomic E-state index is 12.7. The van der Waals surface area contributed by atoms with Crippen LogP contribution >= 0.6 is 0 Å². The standard InChI is InChI=1S/C24H28N4O2/c1-24(2,3)18-12-10-17(11-13-18)22(29)25-19-14-20(28(4)15-19)23-26-21(27-30-23)16-8-6-5-7-9-16/h5-13,19-20H,14-15H2,1-4H3,(H,25,29). The summed E-state index contributed by atoms with van der Waals surface area (Å²) in [5.41, 5.74) is 2.89. The molecule has 4 rings (SSSR count). The molecule has 2 unspecified atom stereocenters. The van der Waals surface area contributed by atoms with E-state index in [9.17, 15) is 4.79 Å². The summed E-state index contributed by atoms with van der Waals surface area (Å²) in [6, 6.07) is 17.7. The Bertz CT molecular complexity index is 1010. The Morgan fingerprint density at radius 2 is 1.80 bits per heavy atom. The van der Waals surface area contributed by atoms with Crippen molar-refractivity contribution in [1.82, 2.24) is 20.4 Å². The molecule has 1 amide bonds. The van der Waals surface area contributed by atoms with Gasteiger partial charge >= 0.3 is 0 Å². The van der Waals surface area contributed by atoms with Crippen molar-refractivity contribution in [3.63, 3.8) is 0 Å². The molecule has 30 heavy (non-hydrogen) atoms. The van der Waals surface area contributed by atoms with Crippen LogP contribution in [0.4, 0.5) is 0 Å². The lowest BCUT2D eigenvalue weighted by molar-refractivity contribution is 0.0938. The molecule has 1 fully saturated rings. The third-order valence-corrected chi connectivity index (χ3v) is 5.66. The molecule has 156 valence electrons. The van der Waals surface area contributed by atoms with Crippen molar-refractivity contribution in [2.75, 3.05) is 13.6 Å². The smallest absolute Gasteiger partial charge is 0.251 e. The number of benzene rings is 2. The van der Waals surface area contributed by atoms with Crippen molar-refractivity contribution in [1.29, 1.82) is 0 Å². The molecule has 1 aliphatic rings. The number of nitrogens with zero attached hydrogens (tertiary/aromatic N) is 3. The summed E-state index contributed by atoms with van der Waals surface area (Å²) in [6.45, 7) is 7.23. The first-order valence-electron chi connectivity index (χ1n) is 10.3. The molecule has 1 N–H and O–H groups in total. The Balaban J connectivity index is 1.41. The van der Waals surface area contributed by atoms with Gasteiger partial charge in [0.25, 0.3) is 5.91 Å². The van der Waals surface area contributed by atoms with Crippen molar-refractivity contribution >= 4 is 5.91 Å². The minimum Gasteiger partial charge on any atom is -0.348 e. The average molecular weight is 405 g/mol. The van der Waals surface area contributed by atoms with Gasteiger partial charge in [0.2, 0.25) is 11.7 Å². The third kappa shape index (κ3) is 4.28. The second-order valence-corrected chi connectivity index (χ2v) is 9.01. The highest BCUT2D eigenvalue weighted by atomic mass is 16.5. The number of rotatable bonds is 4. The van der Waals surface area contributed by atoms with Gasteiger partial charge in [-0.05, 0) is 36.6 Å². The van der Waals surface area contributed by atoms with Crippen LogP contribution in [0.3, 0.4) is 0 Å². The fourth-order valence-electron chi connectivity index (χ4n) is 3.86. The Kier molecular flexibility index (Phi) is 5.43. The first kappa shape index (κ1) is 20.3. The van der Waals surface area contributed by atoms with Gasteiger partial charge in [-0.3, -0.25) is 9.69 Å². The van der Waals surface area contributed by atoms with Crippen molar-refractivity contribution in [3.8, 4) is 11.4 Å². The van der Waals surface area contributed by atoms with Crippen molar-refractivity contribution < 1.29 is 9.32 Å². The number of likely N-dealkylation sites (N-methyl/N-ethyl adjacent to an activating group) is 1. The van der Waals surface area contributed by atoms with Gasteiger partial charge in [0.15, 0.2) is 0 Å². The molecule has 6 heteroatoms. The zero-order valence-corrected chi connectivity index (χ0v) is 17.9. The molecule has 0 bridgehead atoms. The lowest BCUT2D eigenvalue weighted by Gasteiger charge is -2.19. The van der Waals surface area contributed by atoms with Gasteiger partial charge in [0.05, 0.1) is 6.04 Å². The van der Waals surface area contributed by atoms with Crippen molar-refractivity contribution in [3.05, 3.63) is 71.6 Å².